The minimum atomic E-state index is -1.78. The van der Waals surface area contributed by atoms with Crippen LogP contribution in [-0.2, 0) is 41.4 Å². The van der Waals surface area contributed by atoms with E-state index in [1.54, 1.807) is 19.1 Å². The number of ether oxygens (including phenoxy) is 4. The number of aromatic hydroxyl groups is 1. The molecule has 230 valence electrons. The molecule has 5 aliphatic rings. The van der Waals surface area contributed by atoms with Crippen LogP contribution in [0.2, 0.25) is 0 Å². The molecule has 44 heavy (non-hydrogen) atoms. The van der Waals surface area contributed by atoms with E-state index in [1.807, 2.05) is 49.4 Å². The van der Waals surface area contributed by atoms with Gasteiger partial charge in [0.25, 0.3) is 5.97 Å². The van der Waals surface area contributed by atoms with Gasteiger partial charge in [-0.15, -0.1) is 0 Å². The summed E-state index contributed by atoms with van der Waals surface area (Å²) in [6, 6.07) is 16.2. The third kappa shape index (κ3) is 4.19. The highest BCUT2D eigenvalue weighted by Gasteiger charge is 2.79. The van der Waals surface area contributed by atoms with Gasteiger partial charge in [0, 0.05) is 18.3 Å². The van der Waals surface area contributed by atoms with Gasteiger partial charge in [-0.3, -0.25) is 9.59 Å². The number of hydrogen-bond donors (Lipinski definition) is 2. The highest BCUT2D eigenvalue weighted by atomic mass is 16.9. The van der Waals surface area contributed by atoms with E-state index in [0.717, 1.165) is 11.1 Å². The summed E-state index contributed by atoms with van der Waals surface area (Å²) in [5.74, 6) is -3.37. The first-order valence-electron chi connectivity index (χ1n) is 15.3. The summed E-state index contributed by atoms with van der Waals surface area (Å²) < 4.78 is 26.5. The van der Waals surface area contributed by atoms with Gasteiger partial charge in [0.05, 0.1) is 18.4 Å². The molecule has 2 aliphatic heterocycles. The number of esters is 1. The molecule has 8 heteroatoms. The number of phenols is 1. The zero-order valence-corrected chi connectivity index (χ0v) is 25.2. The monoisotopic (exact) mass is 598 g/mol. The van der Waals surface area contributed by atoms with Crippen molar-refractivity contribution >= 4 is 11.8 Å². The summed E-state index contributed by atoms with van der Waals surface area (Å²) >= 11 is 0. The number of ketones is 1. The maximum Gasteiger partial charge on any atom is 0.310 e. The molecule has 2 heterocycles. The Morgan fingerprint density at radius 3 is 2.50 bits per heavy atom. The minimum absolute atomic E-state index is 0.00446. The van der Waals surface area contributed by atoms with Crippen LogP contribution in [0.3, 0.4) is 0 Å². The number of carbonyl (C=O) groups excluding carboxylic acids is 2. The fourth-order valence-electron chi connectivity index (χ4n) is 8.49. The van der Waals surface area contributed by atoms with Crippen LogP contribution in [0.5, 0.6) is 5.75 Å². The van der Waals surface area contributed by atoms with Crippen LogP contribution in [-0.4, -0.2) is 57.5 Å². The number of phenolic OH excluding ortho intramolecular Hbond substituents is 1. The molecule has 2 saturated heterocycles. The van der Waals surface area contributed by atoms with Crippen molar-refractivity contribution in [3.63, 3.8) is 0 Å². The van der Waals surface area contributed by atoms with E-state index in [0.29, 0.717) is 29.6 Å². The molecule has 8 atom stereocenters. The molecule has 1 saturated carbocycles. The highest BCUT2D eigenvalue weighted by Crippen LogP contribution is 2.68. The molecule has 2 N–H and O–H groups in total. The van der Waals surface area contributed by atoms with Gasteiger partial charge in [-0.2, -0.15) is 0 Å². The molecule has 2 aromatic carbocycles. The van der Waals surface area contributed by atoms with E-state index in [2.05, 4.69) is 13.5 Å². The molecule has 0 amide bonds. The zero-order valence-electron chi connectivity index (χ0n) is 25.2. The Morgan fingerprint density at radius 1 is 1.07 bits per heavy atom. The Kier molecular flexibility index (Phi) is 6.61. The second-order valence-corrected chi connectivity index (χ2v) is 13.3. The average Bonchev–Trinajstić information content (AvgIpc) is 3.29. The van der Waals surface area contributed by atoms with E-state index >= 15 is 0 Å². The van der Waals surface area contributed by atoms with Gasteiger partial charge in [0.15, 0.2) is 5.78 Å². The van der Waals surface area contributed by atoms with Gasteiger partial charge >= 0.3 is 5.97 Å². The van der Waals surface area contributed by atoms with Crippen molar-refractivity contribution in [3.05, 3.63) is 101 Å². The molecular weight excluding hydrogens is 560 g/mol. The van der Waals surface area contributed by atoms with Crippen LogP contribution in [0.1, 0.15) is 44.7 Å². The SMILES string of the molecule is C=C(C)[C@@]12C[C@@H](C)[C@@]34O[C@](Cc5ccccc5)(O[C@H]1[C@H]3C=C(COC(=O)Cc1ccc(O)cc1)C[C@]1(O)C(=O)C(C)=C[C@H]41)O2. The van der Waals surface area contributed by atoms with Crippen LogP contribution >= 0.6 is 0 Å². The van der Waals surface area contributed by atoms with Crippen molar-refractivity contribution in [2.24, 2.45) is 17.8 Å². The first kappa shape index (κ1) is 29.2. The lowest BCUT2D eigenvalue weighted by atomic mass is 9.55. The third-order valence-corrected chi connectivity index (χ3v) is 10.4. The fourth-order valence-corrected chi connectivity index (χ4v) is 8.49. The lowest BCUT2D eigenvalue weighted by Crippen LogP contribution is -2.70. The molecule has 0 radical (unpaired) electrons. The molecule has 3 bridgehead atoms. The van der Waals surface area contributed by atoms with E-state index in [1.165, 1.54) is 12.1 Å². The van der Waals surface area contributed by atoms with Crippen LogP contribution in [0.15, 0.2) is 90.0 Å². The molecule has 0 unspecified atom stereocenters. The maximum absolute atomic E-state index is 13.7. The smallest absolute Gasteiger partial charge is 0.310 e. The lowest BCUT2D eigenvalue weighted by molar-refractivity contribution is -0.421. The number of aliphatic hydroxyl groups is 1. The Hall–Kier alpha value is -3.56. The maximum atomic E-state index is 13.7. The van der Waals surface area contributed by atoms with E-state index in [9.17, 15) is 19.8 Å². The molecule has 0 aromatic heterocycles. The largest absolute Gasteiger partial charge is 0.508 e. The summed E-state index contributed by atoms with van der Waals surface area (Å²) in [5.41, 5.74) is -0.0509. The number of Topliss-reactive ketones (excluding diaryl/α,β-unsaturated/α-hetero) is 1. The van der Waals surface area contributed by atoms with Crippen LogP contribution in [0.4, 0.5) is 0 Å². The van der Waals surface area contributed by atoms with E-state index in [4.69, 9.17) is 18.9 Å². The number of fused-ring (bicyclic) bond motifs is 2. The first-order chi connectivity index (χ1) is 20.9. The summed E-state index contributed by atoms with van der Waals surface area (Å²) in [7, 11) is 0. The summed E-state index contributed by atoms with van der Waals surface area (Å²) in [4.78, 5) is 26.6. The van der Waals surface area contributed by atoms with Gasteiger partial charge in [0.2, 0.25) is 0 Å². The van der Waals surface area contributed by atoms with E-state index < -0.39 is 46.7 Å². The Bertz CT molecular complexity index is 1590. The predicted octanol–water partition coefficient (Wildman–Crippen LogP) is 4.74. The molecule has 3 fully saturated rings. The minimum Gasteiger partial charge on any atom is -0.508 e. The second-order valence-electron chi connectivity index (χ2n) is 13.3. The summed E-state index contributed by atoms with van der Waals surface area (Å²) in [6.07, 6.45) is 4.28. The molecule has 7 rings (SSSR count). The van der Waals surface area contributed by atoms with E-state index in [-0.39, 0.29) is 36.9 Å². The zero-order chi connectivity index (χ0) is 31.1. The van der Waals surface area contributed by atoms with Crippen molar-refractivity contribution < 1.29 is 38.7 Å². The van der Waals surface area contributed by atoms with Crippen LogP contribution in [0.25, 0.3) is 0 Å². The Morgan fingerprint density at radius 2 is 1.80 bits per heavy atom. The second kappa shape index (κ2) is 9.97. The normalized spacial score (nSPS) is 38.3. The molecule has 2 aromatic rings. The predicted molar refractivity (Wildman–Crippen MR) is 160 cm³/mol. The number of benzene rings is 2. The van der Waals surface area contributed by atoms with Crippen LogP contribution < -0.4 is 0 Å². The van der Waals surface area contributed by atoms with Gasteiger partial charge in [-0.25, -0.2) is 0 Å². The van der Waals surface area contributed by atoms with Crippen molar-refractivity contribution in [2.45, 2.75) is 75.3 Å². The van der Waals surface area contributed by atoms with Crippen molar-refractivity contribution in [3.8, 4) is 5.75 Å². The molecule has 3 aliphatic carbocycles. The van der Waals surface area contributed by atoms with Gasteiger partial charge < -0.3 is 29.2 Å². The lowest BCUT2D eigenvalue weighted by Gasteiger charge is -2.59. The quantitative estimate of drug-likeness (QED) is 0.348. The Labute approximate surface area is 257 Å². The molecular formula is C36H38O8. The van der Waals surface area contributed by atoms with Gasteiger partial charge in [-0.1, -0.05) is 68.1 Å². The first-order valence-corrected chi connectivity index (χ1v) is 15.3. The van der Waals surface area contributed by atoms with Gasteiger partial charge in [0.1, 0.15) is 29.7 Å². The number of rotatable bonds is 7. The summed E-state index contributed by atoms with van der Waals surface area (Å²) in [5, 5.41) is 21.9. The number of hydrogen-bond acceptors (Lipinski definition) is 8. The topological polar surface area (TPSA) is 112 Å². The average molecular weight is 599 g/mol. The Balaban J connectivity index is 1.29. The number of carbonyl (C=O) groups is 2. The van der Waals surface area contributed by atoms with Crippen molar-refractivity contribution in [1.82, 2.24) is 0 Å². The fraction of sp³-hybridized carbons (Fsp3) is 0.444. The highest BCUT2D eigenvalue weighted by molar-refractivity contribution is 6.04. The standard InChI is InChI=1S/C36H38O8/c1-21(2)34-17-23(4)36-28(32(34)42-35(43-34,44-36)19-25-8-6-5-7-9-25)15-26(18-33(40)29(36)14-22(3)31(33)39)20-41-30(38)16-24-10-12-27(37)13-11-24/h5-15,23,28-29,32,37,40H,1,16-20H2,2-4H3/t23-,28-,29+,32+,33-,34+,35-,36-/m1/s1. The molecule has 0 spiro atoms. The van der Waals surface area contributed by atoms with Crippen LogP contribution in [0, 0.1) is 17.8 Å². The van der Waals surface area contributed by atoms with Crippen molar-refractivity contribution in [2.75, 3.05) is 6.61 Å². The third-order valence-electron chi connectivity index (χ3n) is 10.4. The van der Waals surface area contributed by atoms with Crippen molar-refractivity contribution in [1.29, 1.82) is 0 Å². The molecule has 8 nitrogen and oxygen atoms in total. The summed E-state index contributed by atoms with van der Waals surface area (Å²) in [6.45, 7) is 10.0. The van der Waals surface area contributed by atoms with Gasteiger partial charge in [-0.05, 0) is 66.2 Å².